The first kappa shape index (κ1) is 19.4. The second-order valence-corrected chi connectivity index (χ2v) is 9.10. The van der Waals surface area contributed by atoms with Crippen molar-refractivity contribution in [1.82, 2.24) is 4.98 Å². The van der Waals surface area contributed by atoms with Crippen molar-refractivity contribution in [2.75, 3.05) is 12.1 Å². The molecular formula is C29H22N2O3. The highest BCUT2D eigenvalue weighted by molar-refractivity contribution is 5.98. The molecule has 5 heteroatoms. The number of aromatic nitrogens is 1. The van der Waals surface area contributed by atoms with E-state index >= 15 is 0 Å². The van der Waals surface area contributed by atoms with Crippen LogP contribution in [0, 0.1) is 5.92 Å². The molecule has 1 aromatic heterocycles. The molecule has 0 radical (unpaired) electrons. The molecule has 3 atom stereocenters. The van der Waals surface area contributed by atoms with E-state index in [1.807, 2.05) is 48.7 Å². The van der Waals surface area contributed by atoms with Crippen LogP contribution in [0.4, 0.5) is 5.69 Å². The molecule has 3 aliphatic rings. The minimum absolute atomic E-state index is 0.0551. The number of benzene rings is 3. The van der Waals surface area contributed by atoms with Gasteiger partial charge >= 0.3 is 0 Å². The number of Topliss-reactive ketones (excluding diaryl/α,β-unsaturated/α-hetero) is 1. The second-order valence-electron chi connectivity index (χ2n) is 9.10. The topological polar surface area (TPSA) is 60.5 Å². The maximum atomic E-state index is 13.8. The minimum atomic E-state index is -0.276. The first-order valence-corrected chi connectivity index (χ1v) is 11.6. The summed E-state index contributed by atoms with van der Waals surface area (Å²) < 4.78 is 11.2. The average molecular weight is 447 g/mol. The normalized spacial score (nSPS) is 22.5. The van der Waals surface area contributed by atoms with Gasteiger partial charge in [-0.2, -0.15) is 0 Å². The summed E-state index contributed by atoms with van der Waals surface area (Å²) in [6.45, 7) is 0.226. The third-order valence-electron chi connectivity index (χ3n) is 7.22. The Morgan fingerprint density at radius 1 is 0.853 bits per heavy atom. The van der Waals surface area contributed by atoms with Crippen LogP contribution in [0.2, 0.25) is 0 Å². The first-order valence-electron chi connectivity index (χ1n) is 11.6. The third kappa shape index (κ3) is 2.93. The van der Waals surface area contributed by atoms with Crippen LogP contribution in [0.1, 0.15) is 34.9 Å². The molecule has 3 heterocycles. The van der Waals surface area contributed by atoms with E-state index < -0.39 is 0 Å². The highest BCUT2D eigenvalue weighted by Gasteiger charge is 2.43. The van der Waals surface area contributed by atoms with E-state index in [0.29, 0.717) is 6.42 Å². The van der Waals surface area contributed by atoms with Gasteiger partial charge in [0.15, 0.2) is 11.5 Å². The standard InChI is InChI=1S/C29H22N2O3/c32-24-14-19(17-5-2-1-3-6-17)13-23-28(24)27(18-8-11-25-26(15-18)34-16-33-25)21-9-10-22-20(29(21)31-23)7-4-12-30-22/h1-13,15,19,27-28,31H,14,16H2. The molecule has 7 rings (SSSR count). The number of rotatable bonds is 2. The first-order chi connectivity index (χ1) is 16.8. The van der Waals surface area contributed by atoms with Crippen LogP contribution in [0.3, 0.4) is 0 Å². The predicted octanol–water partition coefficient (Wildman–Crippen LogP) is 5.78. The number of ketones is 1. The molecule has 166 valence electrons. The number of nitrogens with zero attached hydrogens (tertiary/aromatic N) is 1. The van der Waals surface area contributed by atoms with E-state index in [1.54, 1.807) is 0 Å². The van der Waals surface area contributed by atoms with Crippen molar-refractivity contribution in [3.63, 3.8) is 0 Å². The highest BCUT2D eigenvalue weighted by atomic mass is 16.7. The van der Waals surface area contributed by atoms with Crippen LogP contribution >= 0.6 is 0 Å². The Labute approximate surface area is 197 Å². The Balaban J connectivity index is 1.44. The summed E-state index contributed by atoms with van der Waals surface area (Å²) >= 11 is 0. The number of hydrogen-bond acceptors (Lipinski definition) is 5. The lowest BCUT2D eigenvalue weighted by molar-refractivity contribution is -0.122. The van der Waals surface area contributed by atoms with Gasteiger partial charge in [-0.25, -0.2) is 0 Å². The predicted molar refractivity (Wildman–Crippen MR) is 130 cm³/mol. The lowest BCUT2D eigenvalue weighted by atomic mass is 9.68. The van der Waals surface area contributed by atoms with Crippen LogP contribution < -0.4 is 14.8 Å². The molecule has 3 aromatic carbocycles. The van der Waals surface area contributed by atoms with Gasteiger partial charge in [0, 0.05) is 35.5 Å². The molecule has 1 aliphatic carbocycles. The van der Waals surface area contributed by atoms with E-state index in [-0.39, 0.29) is 30.3 Å². The van der Waals surface area contributed by atoms with Crippen LogP contribution in [-0.2, 0) is 4.79 Å². The molecule has 0 amide bonds. The Morgan fingerprint density at radius 2 is 1.74 bits per heavy atom. The fraction of sp³-hybridized carbons (Fsp3) is 0.172. The Bertz CT molecular complexity index is 1480. The van der Waals surface area contributed by atoms with Gasteiger partial charge in [-0.3, -0.25) is 9.78 Å². The van der Waals surface area contributed by atoms with Crippen molar-refractivity contribution in [1.29, 1.82) is 0 Å². The summed E-state index contributed by atoms with van der Waals surface area (Å²) in [5.74, 6) is 1.39. The van der Waals surface area contributed by atoms with Crippen molar-refractivity contribution in [2.24, 2.45) is 5.92 Å². The molecule has 4 aromatic rings. The molecule has 0 spiro atoms. The number of carbonyl (C=O) groups is 1. The number of fused-ring (bicyclic) bond motifs is 5. The molecule has 5 nitrogen and oxygen atoms in total. The van der Waals surface area contributed by atoms with Gasteiger partial charge in [-0.15, -0.1) is 0 Å². The monoisotopic (exact) mass is 446 g/mol. The number of allylic oxidation sites excluding steroid dienone is 2. The zero-order valence-corrected chi connectivity index (χ0v) is 18.4. The van der Waals surface area contributed by atoms with Crippen LogP contribution in [0.5, 0.6) is 11.5 Å². The zero-order chi connectivity index (χ0) is 22.6. The highest BCUT2D eigenvalue weighted by Crippen LogP contribution is 2.51. The van der Waals surface area contributed by atoms with Gasteiger partial charge < -0.3 is 14.8 Å². The van der Waals surface area contributed by atoms with Crippen LogP contribution in [0.15, 0.2) is 90.8 Å². The molecule has 0 bridgehead atoms. The molecule has 1 N–H and O–H groups in total. The zero-order valence-electron chi connectivity index (χ0n) is 18.4. The fourth-order valence-electron chi connectivity index (χ4n) is 5.67. The Kier molecular flexibility index (Phi) is 4.24. The summed E-state index contributed by atoms with van der Waals surface area (Å²) in [7, 11) is 0. The van der Waals surface area contributed by atoms with E-state index in [0.717, 1.165) is 50.5 Å². The molecule has 0 fully saturated rings. The van der Waals surface area contributed by atoms with Crippen molar-refractivity contribution < 1.29 is 14.3 Å². The summed E-state index contributed by atoms with van der Waals surface area (Å²) in [5.41, 5.74) is 6.24. The maximum absolute atomic E-state index is 13.8. The number of ether oxygens (including phenoxy) is 2. The molecule has 0 saturated heterocycles. The van der Waals surface area contributed by atoms with Crippen molar-refractivity contribution in [2.45, 2.75) is 18.3 Å². The van der Waals surface area contributed by atoms with E-state index in [9.17, 15) is 4.79 Å². The van der Waals surface area contributed by atoms with Gasteiger partial charge in [-0.05, 0) is 47.0 Å². The van der Waals surface area contributed by atoms with Gasteiger partial charge in [-0.1, -0.05) is 48.5 Å². The van der Waals surface area contributed by atoms with Crippen molar-refractivity contribution >= 4 is 22.4 Å². The van der Waals surface area contributed by atoms with Gasteiger partial charge in [0.1, 0.15) is 5.78 Å². The molecule has 2 aliphatic heterocycles. The molecular weight excluding hydrogens is 424 g/mol. The Morgan fingerprint density at radius 3 is 2.65 bits per heavy atom. The van der Waals surface area contributed by atoms with E-state index in [1.165, 1.54) is 0 Å². The number of anilines is 1. The minimum Gasteiger partial charge on any atom is -0.454 e. The summed E-state index contributed by atoms with van der Waals surface area (Å²) in [5, 5.41) is 4.72. The largest absolute Gasteiger partial charge is 0.454 e. The lowest BCUT2D eigenvalue weighted by Crippen LogP contribution is -2.36. The molecule has 0 saturated carbocycles. The third-order valence-corrected chi connectivity index (χ3v) is 7.22. The second kappa shape index (κ2) is 7.45. The lowest BCUT2D eigenvalue weighted by Gasteiger charge is -2.40. The average Bonchev–Trinajstić information content (AvgIpc) is 3.36. The smallest absolute Gasteiger partial charge is 0.231 e. The van der Waals surface area contributed by atoms with Crippen molar-refractivity contribution in [3.8, 4) is 11.5 Å². The SMILES string of the molecule is O=C1CC(c2ccccc2)C=C2Nc3c(ccc4ncccc34)C(c3ccc4c(c3)OCO4)C12. The van der Waals surface area contributed by atoms with E-state index in [4.69, 9.17) is 9.47 Å². The van der Waals surface area contributed by atoms with Crippen LogP contribution in [-0.4, -0.2) is 17.6 Å². The number of nitrogens with one attached hydrogen (secondary N) is 1. The quantitative estimate of drug-likeness (QED) is 0.423. The van der Waals surface area contributed by atoms with E-state index in [2.05, 4.69) is 46.7 Å². The maximum Gasteiger partial charge on any atom is 0.231 e. The summed E-state index contributed by atoms with van der Waals surface area (Å²) in [4.78, 5) is 18.3. The number of pyridine rings is 1. The van der Waals surface area contributed by atoms with Gasteiger partial charge in [0.2, 0.25) is 6.79 Å². The molecule has 3 unspecified atom stereocenters. The van der Waals surface area contributed by atoms with Gasteiger partial charge in [0.25, 0.3) is 0 Å². The summed E-state index contributed by atoms with van der Waals surface area (Å²) in [6.07, 6.45) is 4.55. The molecule has 34 heavy (non-hydrogen) atoms. The fourth-order valence-corrected chi connectivity index (χ4v) is 5.67. The number of carbonyl (C=O) groups excluding carboxylic acids is 1. The Hall–Kier alpha value is -4.12. The summed E-state index contributed by atoms with van der Waals surface area (Å²) in [6, 6.07) is 24.5. The van der Waals surface area contributed by atoms with Crippen molar-refractivity contribution in [3.05, 3.63) is 107 Å². The van der Waals surface area contributed by atoms with Gasteiger partial charge in [0.05, 0.1) is 17.1 Å². The number of hydrogen-bond donors (Lipinski definition) is 1. The van der Waals surface area contributed by atoms with Crippen LogP contribution in [0.25, 0.3) is 10.9 Å².